The minimum Gasteiger partial charge on any atom is -0.489 e. The standard InChI is InChI=1S/C22H20N2O3/c25-21(18-7-2-1-3-8-18)11-12-22(26)24-19-9-4-10-20(14-19)27-16-17-6-5-13-23-15-17/h1-10,13-15H,11-12,16H2,(H,24,26). The summed E-state index contributed by atoms with van der Waals surface area (Å²) in [4.78, 5) is 28.2. The van der Waals surface area contributed by atoms with Crippen LogP contribution in [0.25, 0.3) is 0 Å². The second-order valence-electron chi connectivity index (χ2n) is 6.02. The molecule has 0 saturated heterocycles. The fraction of sp³-hybridized carbons (Fsp3) is 0.136. The first-order valence-corrected chi connectivity index (χ1v) is 8.70. The SMILES string of the molecule is O=C(CCC(=O)c1ccccc1)Nc1cccc(OCc2cccnc2)c1. The second kappa shape index (κ2) is 9.29. The van der Waals surface area contributed by atoms with Crippen LogP contribution in [-0.2, 0) is 11.4 Å². The van der Waals surface area contributed by atoms with Crippen LogP contribution in [-0.4, -0.2) is 16.7 Å². The third-order valence-electron chi connectivity index (χ3n) is 3.92. The summed E-state index contributed by atoms with van der Waals surface area (Å²) < 4.78 is 5.72. The highest BCUT2D eigenvalue weighted by Crippen LogP contribution is 2.19. The largest absolute Gasteiger partial charge is 0.489 e. The molecule has 0 atom stereocenters. The Hall–Kier alpha value is -3.47. The molecule has 136 valence electrons. The predicted octanol–water partition coefficient (Wildman–Crippen LogP) is 4.26. The lowest BCUT2D eigenvalue weighted by atomic mass is 10.1. The quantitative estimate of drug-likeness (QED) is 0.609. The van der Waals surface area contributed by atoms with Crippen molar-refractivity contribution in [2.45, 2.75) is 19.4 Å². The number of hydrogen-bond donors (Lipinski definition) is 1. The van der Waals surface area contributed by atoms with E-state index >= 15 is 0 Å². The van der Waals surface area contributed by atoms with E-state index in [-0.39, 0.29) is 24.5 Å². The van der Waals surface area contributed by atoms with E-state index in [0.29, 0.717) is 23.6 Å². The van der Waals surface area contributed by atoms with Crippen LogP contribution in [0.15, 0.2) is 79.1 Å². The zero-order valence-electron chi connectivity index (χ0n) is 14.8. The van der Waals surface area contributed by atoms with Crippen molar-refractivity contribution in [3.05, 3.63) is 90.3 Å². The summed E-state index contributed by atoms with van der Waals surface area (Å²) in [5.74, 6) is 0.403. The van der Waals surface area contributed by atoms with Gasteiger partial charge in [0.05, 0.1) is 0 Å². The fourth-order valence-electron chi connectivity index (χ4n) is 2.53. The fourth-order valence-corrected chi connectivity index (χ4v) is 2.53. The smallest absolute Gasteiger partial charge is 0.224 e. The summed E-state index contributed by atoms with van der Waals surface area (Å²) in [7, 11) is 0. The summed E-state index contributed by atoms with van der Waals surface area (Å²) in [6.07, 6.45) is 3.76. The number of rotatable bonds is 8. The summed E-state index contributed by atoms with van der Waals surface area (Å²) >= 11 is 0. The molecule has 0 unspecified atom stereocenters. The summed E-state index contributed by atoms with van der Waals surface area (Å²) in [5.41, 5.74) is 2.22. The van der Waals surface area contributed by atoms with E-state index in [9.17, 15) is 9.59 Å². The van der Waals surface area contributed by atoms with Crippen molar-refractivity contribution >= 4 is 17.4 Å². The van der Waals surface area contributed by atoms with Crippen molar-refractivity contribution in [1.29, 1.82) is 0 Å². The molecule has 0 bridgehead atoms. The zero-order chi connectivity index (χ0) is 18.9. The number of Topliss-reactive ketones (excluding diaryl/α,β-unsaturated/α-hetero) is 1. The Balaban J connectivity index is 1.50. The Labute approximate surface area is 158 Å². The van der Waals surface area contributed by atoms with E-state index in [1.165, 1.54) is 0 Å². The van der Waals surface area contributed by atoms with Gasteiger partial charge in [-0.3, -0.25) is 14.6 Å². The summed E-state index contributed by atoms with van der Waals surface area (Å²) in [6.45, 7) is 0.400. The molecule has 5 heteroatoms. The molecule has 3 aromatic rings. The van der Waals surface area contributed by atoms with Crippen LogP contribution in [0.1, 0.15) is 28.8 Å². The number of nitrogens with zero attached hydrogens (tertiary/aromatic N) is 1. The minimum absolute atomic E-state index is 0.0423. The van der Waals surface area contributed by atoms with Crippen LogP contribution < -0.4 is 10.1 Å². The molecule has 1 aromatic heterocycles. The lowest BCUT2D eigenvalue weighted by molar-refractivity contribution is -0.116. The minimum atomic E-state index is -0.205. The van der Waals surface area contributed by atoms with Crippen molar-refractivity contribution in [2.75, 3.05) is 5.32 Å². The Morgan fingerprint density at radius 1 is 0.926 bits per heavy atom. The van der Waals surface area contributed by atoms with Gasteiger partial charge in [-0.2, -0.15) is 0 Å². The maximum absolute atomic E-state index is 12.1. The zero-order valence-corrected chi connectivity index (χ0v) is 14.8. The van der Waals surface area contributed by atoms with Crippen LogP contribution in [0.3, 0.4) is 0 Å². The van der Waals surface area contributed by atoms with Gasteiger partial charge < -0.3 is 10.1 Å². The molecule has 3 rings (SSSR count). The van der Waals surface area contributed by atoms with Gasteiger partial charge in [0.2, 0.25) is 5.91 Å². The van der Waals surface area contributed by atoms with E-state index in [1.54, 1.807) is 36.7 Å². The van der Waals surface area contributed by atoms with Crippen LogP contribution >= 0.6 is 0 Å². The van der Waals surface area contributed by atoms with Gasteiger partial charge in [-0.15, -0.1) is 0 Å². The molecule has 1 heterocycles. The number of hydrogen-bond acceptors (Lipinski definition) is 4. The van der Waals surface area contributed by atoms with Gasteiger partial charge >= 0.3 is 0 Å². The number of aromatic nitrogens is 1. The Bertz CT molecular complexity index is 896. The highest BCUT2D eigenvalue weighted by molar-refractivity contribution is 6.00. The first-order valence-electron chi connectivity index (χ1n) is 8.70. The first-order chi connectivity index (χ1) is 13.2. The van der Waals surface area contributed by atoms with Crippen LogP contribution in [0.2, 0.25) is 0 Å². The van der Waals surface area contributed by atoms with Crippen molar-refractivity contribution in [2.24, 2.45) is 0 Å². The molecule has 0 radical (unpaired) electrons. The molecule has 1 N–H and O–H groups in total. The Morgan fingerprint density at radius 3 is 2.56 bits per heavy atom. The number of ether oxygens (including phenoxy) is 1. The van der Waals surface area contributed by atoms with E-state index in [4.69, 9.17) is 4.74 Å². The van der Waals surface area contributed by atoms with E-state index in [0.717, 1.165) is 5.56 Å². The summed E-state index contributed by atoms with van der Waals surface area (Å²) in [5, 5.41) is 2.80. The summed E-state index contributed by atoms with van der Waals surface area (Å²) in [6, 6.07) is 19.9. The van der Waals surface area contributed by atoms with E-state index < -0.39 is 0 Å². The van der Waals surface area contributed by atoms with Crippen molar-refractivity contribution in [3.8, 4) is 5.75 Å². The van der Waals surface area contributed by atoms with Gasteiger partial charge in [-0.05, 0) is 18.2 Å². The maximum Gasteiger partial charge on any atom is 0.224 e. The van der Waals surface area contributed by atoms with E-state index in [2.05, 4.69) is 10.3 Å². The van der Waals surface area contributed by atoms with Gasteiger partial charge in [-0.1, -0.05) is 42.5 Å². The molecule has 0 saturated carbocycles. The third kappa shape index (κ3) is 5.78. The highest BCUT2D eigenvalue weighted by Gasteiger charge is 2.09. The number of anilines is 1. The molecule has 2 aromatic carbocycles. The van der Waals surface area contributed by atoms with Crippen molar-refractivity contribution < 1.29 is 14.3 Å². The average Bonchev–Trinajstić information content (AvgIpc) is 2.72. The normalized spacial score (nSPS) is 10.2. The number of carbonyl (C=O) groups is 2. The molecule has 27 heavy (non-hydrogen) atoms. The number of carbonyl (C=O) groups excluding carboxylic acids is 2. The number of nitrogens with one attached hydrogen (secondary N) is 1. The van der Waals surface area contributed by atoms with Gasteiger partial charge in [0.1, 0.15) is 12.4 Å². The lowest BCUT2D eigenvalue weighted by Gasteiger charge is -2.09. The Kier molecular flexibility index (Phi) is 6.30. The molecule has 0 aliphatic carbocycles. The molecule has 0 aliphatic rings. The number of amides is 1. The molecule has 0 aliphatic heterocycles. The molecule has 5 nitrogen and oxygen atoms in total. The number of ketones is 1. The predicted molar refractivity (Wildman–Crippen MR) is 104 cm³/mol. The van der Waals surface area contributed by atoms with Crippen LogP contribution in [0, 0.1) is 0 Å². The second-order valence-corrected chi connectivity index (χ2v) is 6.02. The average molecular weight is 360 g/mol. The van der Waals surface area contributed by atoms with E-state index in [1.807, 2.05) is 42.5 Å². The maximum atomic E-state index is 12.1. The Morgan fingerprint density at radius 2 is 1.78 bits per heavy atom. The van der Waals surface area contributed by atoms with Crippen LogP contribution in [0.4, 0.5) is 5.69 Å². The topological polar surface area (TPSA) is 68.3 Å². The van der Waals surface area contributed by atoms with Crippen LogP contribution in [0.5, 0.6) is 5.75 Å². The lowest BCUT2D eigenvalue weighted by Crippen LogP contribution is -2.13. The number of benzene rings is 2. The first kappa shape index (κ1) is 18.3. The molecule has 1 amide bonds. The third-order valence-corrected chi connectivity index (χ3v) is 3.92. The molecular formula is C22H20N2O3. The molecule has 0 fully saturated rings. The van der Waals surface area contributed by atoms with Crippen molar-refractivity contribution in [3.63, 3.8) is 0 Å². The van der Waals surface area contributed by atoms with Gasteiger partial charge in [-0.25, -0.2) is 0 Å². The molecular weight excluding hydrogens is 340 g/mol. The van der Waals surface area contributed by atoms with Gasteiger partial charge in [0.15, 0.2) is 5.78 Å². The van der Waals surface area contributed by atoms with Crippen molar-refractivity contribution in [1.82, 2.24) is 4.98 Å². The van der Waals surface area contributed by atoms with Gasteiger partial charge in [0, 0.05) is 48.1 Å². The monoisotopic (exact) mass is 360 g/mol. The molecule has 0 spiro atoms. The highest BCUT2D eigenvalue weighted by atomic mass is 16.5. The number of pyridine rings is 1. The van der Waals surface area contributed by atoms with Gasteiger partial charge in [0.25, 0.3) is 0 Å².